The largest absolute Gasteiger partial charge is 0.392 e. The van der Waals surface area contributed by atoms with Crippen LogP contribution in [0.1, 0.15) is 0 Å². The van der Waals surface area contributed by atoms with Gasteiger partial charge in [-0.2, -0.15) is 60.7 Å². The van der Waals surface area contributed by atoms with Gasteiger partial charge in [-0.25, -0.2) is 0 Å². The highest BCUT2D eigenvalue weighted by Crippen LogP contribution is 2.57. The topological polar surface area (TPSA) is 167 Å². The van der Waals surface area contributed by atoms with Crippen LogP contribution in [0.5, 0.6) is 0 Å². The van der Waals surface area contributed by atoms with Crippen molar-refractivity contribution in [2.24, 2.45) is 0 Å². The minimum atomic E-state index is -7.84. The number of hydrogen-bond acceptors (Lipinski definition) is 6. The van der Waals surface area contributed by atoms with Crippen LogP contribution in [0.25, 0.3) is 0 Å². The first-order valence-electron chi connectivity index (χ1n) is 7.61. The van der Waals surface area contributed by atoms with E-state index < -0.39 is 86.3 Å². The molecule has 10 nitrogen and oxygen atoms in total. The van der Waals surface area contributed by atoms with Gasteiger partial charge in [0, 0.05) is 13.1 Å². The number of nitrogens with one attached hydrogen (secondary N) is 2. The zero-order valence-corrected chi connectivity index (χ0v) is 16.9. The summed E-state index contributed by atoms with van der Waals surface area (Å²) in [5.41, 5.74) is 0. The summed E-state index contributed by atoms with van der Waals surface area (Å²) in [6.07, 6.45) is 0. The van der Waals surface area contributed by atoms with Gasteiger partial charge in [-0.3, -0.25) is 18.7 Å². The Hall–Kier alpha value is -1.94. The lowest BCUT2D eigenvalue weighted by Crippen LogP contribution is -2.71. The summed E-state index contributed by atoms with van der Waals surface area (Å²) in [7, 11) is -10.0. The van der Waals surface area contributed by atoms with Crippen molar-refractivity contribution >= 4 is 32.1 Å². The summed E-state index contributed by atoms with van der Waals surface area (Å²) < 4.78 is 194. The van der Waals surface area contributed by atoms with Crippen LogP contribution >= 0.6 is 0 Å². The second-order valence-electron chi connectivity index (χ2n) is 5.96. The first-order chi connectivity index (χ1) is 14.3. The minimum absolute atomic E-state index is 0.579. The van der Waals surface area contributed by atoms with Crippen molar-refractivity contribution in [1.29, 1.82) is 0 Å². The van der Waals surface area contributed by atoms with E-state index in [0.717, 1.165) is 0 Å². The molecule has 0 aromatic heterocycles. The molecule has 0 saturated heterocycles. The van der Waals surface area contributed by atoms with Crippen LogP contribution in [-0.4, -0.2) is 92.0 Å². The second kappa shape index (κ2) is 9.37. The Labute approximate surface area is 177 Å². The van der Waals surface area contributed by atoms with Crippen LogP contribution in [0.4, 0.5) is 43.9 Å². The molecule has 0 aromatic rings. The Bertz CT molecular complexity index is 892. The fraction of sp³-hybridized carbons (Fsp3) is 0.818. The third-order valence-corrected chi connectivity index (χ3v) is 4.88. The third kappa shape index (κ3) is 6.56. The fourth-order valence-electron chi connectivity index (χ4n) is 1.69. The standard InChI is InChI=1S/C11H12F10N2O8S2/c12-7(13,5(24)22-1-3-32(26,27)28)9(16,17)11(20,21)10(18,19)8(14,15)6(25)23-2-4-33(29,30)31/h1-4H2,(H,22,24)(H,23,25)(H,26,27,28)(H,29,30,31). The summed E-state index contributed by atoms with van der Waals surface area (Å²) in [6.45, 7) is -3.25. The lowest BCUT2D eigenvalue weighted by molar-refractivity contribution is -0.387. The van der Waals surface area contributed by atoms with Gasteiger partial charge >= 0.3 is 29.6 Å². The Balaban J connectivity index is 5.92. The van der Waals surface area contributed by atoms with Crippen molar-refractivity contribution in [3.8, 4) is 0 Å². The number of hydrogen-bond donors (Lipinski definition) is 4. The second-order valence-corrected chi connectivity index (χ2v) is 9.10. The van der Waals surface area contributed by atoms with E-state index in [1.165, 1.54) is 0 Å². The fourth-order valence-corrected chi connectivity index (χ4v) is 2.41. The SMILES string of the molecule is O=C(NCCS(=O)(=O)O)C(F)(F)C(F)(F)C(F)(F)C(F)(F)C(F)(F)C(=O)NCCS(=O)(=O)O. The van der Waals surface area contributed by atoms with E-state index in [0.29, 0.717) is 10.6 Å². The summed E-state index contributed by atoms with van der Waals surface area (Å²) in [5, 5.41) is 1.16. The van der Waals surface area contributed by atoms with Gasteiger partial charge in [-0.15, -0.1) is 0 Å². The van der Waals surface area contributed by atoms with Crippen LogP contribution in [0.15, 0.2) is 0 Å². The first kappa shape index (κ1) is 31.1. The molecule has 0 fully saturated rings. The molecule has 0 radical (unpaired) electrons. The van der Waals surface area contributed by atoms with Crippen LogP contribution in [-0.2, 0) is 29.8 Å². The summed E-state index contributed by atoms with van der Waals surface area (Å²) in [6, 6.07) is 0. The van der Waals surface area contributed by atoms with Crippen molar-refractivity contribution in [2.45, 2.75) is 29.6 Å². The molecule has 33 heavy (non-hydrogen) atoms. The molecule has 22 heteroatoms. The first-order valence-corrected chi connectivity index (χ1v) is 10.8. The summed E-state index contributed by atoms with van der Waals surface area (Å²) in [5.74, 6) is -47.3. The molecule has 0 atom stereocenters. The minimum Gasteiger partial charge on any atom is -0.350 e. The van der Waals surface area contributed by atoms with Crippen molar-refractivity contribution in [3.05, 3.63) is 0 Å². The molecule has 0 saturated carbocycles. The Kier molecular flexibility index (Phi) is 8.82. The predicted molar refractivity (Wildman–Crippen MR) is 83.6 cm³/mol. The molecule has 196 valence electrons. The molecule has 2 amide bonds. The number of rotatable bonds is 12. The lowest BCUT2D eigenvalue weighted by atomic mass is 9.93. The number of carbonyl (C=O) groups excluding carboxylic acids is 2. The Morgan fingerprint density at radius 1 is 0.576 bits per heavy atom. The number of amides is 2. The van der Waals surface area contributed by atoms with E-state index in [-0.39, 0.29) is 0 Å². The van der Waals surface area contributed by atoms with Gasteiger partial charge in [0.15, 0.2) is 0 Å². The highest BCUT2D eigenvalue weighted by atomic mass is 32.2. The normalized spacial score (nSPS) is 14.7. The van der Waals surface area contributed by atoms with Crippen LogP contribution in [0.3, 0.4) is 0 Å². The van der Waals surface area contributed by atoms with Crippen LogP contribution in [0.2, 0.25) is 0 Å². The van der Waals surface area contributed by atoms with E-state index in [1.54, 1.807) is 0 Å². The zero-order chi connectivity index (χ0) is 26.9. The van der Waals surface area contributed by atoms with Gasteiger partial charge < -0.3 is 10.6 Å². The molecule has 4 N–H and O–H groups in total. The van der Waals surface area contributed by atoms with Gasteiger partial charge in [0.25, 0.3) is 32.1 Å². The highest BCUT2D eigenvalue weighted by Gasteiger charge is 2.88. The molecular weight excluding hydrogens is 542 g/mol. The molecule has 0 aliphatic heterocycles. The Morgan fingerprint density at radius 2 is 0.818 bits per heavy atom. The van der Waals surface area contributed by atoms with Crippen molar-refractivity contribution in [2.75, 3.05) is 24.6 Å². The van der Waals surface area contributed by atoms with Gasteiger partial charge in [0.2, 0.25) is 0 Å². The van der Waals surface area contributed by atoms with Gasteiger partial charge in [-0.05, 0) is 0 Å². The van der Waals surface area contributed by atoms with E-state index in [4.69, 9.17) is 9.11 Å². The summed E-state index contributed by atoms with van der Waals surface area (Å²) in [4.78, 5) is 22.1. The lowest BCUT2D eigenvalue weighted by Gasteiger charge is -2.38. The molecule has 0 spiro atoms. The average Bonchev–Trinajstić information content (AvgIpc) is 2.58. The zero-order valence-electron chi connectivity index (χ0n) is 15.3. The molecule has 0 aromatic carbocycles. The molecule has 0 aliphatic carbocycles. The molecule has 0 rings (SSSR count). The van der Waals surface area contributed by atoms with Crippen LogP contribution < -0.4 is 10.6 Å². The quantitative estimate of drug-likeness (QED) is 0.196. The molecule has 0 unspecified atom stereocenters. The van der Waals surface area contributed by atoms with Crippen molar-refractivity contribution < 1.29 is 79.4 Å². The van der Waals surface area contributed by atoms with Crippen molar-refractivity contribution in [1.82, 2.24) is 10.6 Å². The Morgan fingerprint density at radius 3 is 1.03 bits per heavy atom. The average molecular weight is 554 g/mol. The number of alkyl halides is 10. The molecular formula is C11H12F10N2O8S2. The molecule has 0 heterocycles. The van der Waals surface area contributed by atoms with Crippen LogP contribution in [0, 0.1) is 0 Å². The van der Waals surface area contributed by atoms with E-state index in [9.17, 15) is 70.3 Å². The third-order valence-electron chi connectivity index (χ3n) is 3.44. The monoisotopic (exact) mass is 554 g/mol. The number of halogens is 10. The van der Waals surface area contributed by atoms with Crippen molar-refractivity contribution in [3.63, 3.8) is 0 Å². The maximum atomic E-state index is 13.6. The van der Waals surface area contributed by atoms with Gasteiger partial charge in [0.1, 0.15) is 0 Å². The number of carbonyl (C=O) groups is 2. The maximum absolute atomic E-state index is 13.6. The van der Waals surface area contributed by atoms with E-state index in [2.05, 4.69) is 0 Å². The molecule has 0 bridgehead atoms. The van der Waals surface area contributed by atoms with Gasteiger partial charge in [0.05, 0.1) is 11.5 Å². The smallest absolute Gasteiger partial charge is 0.350 e. The maximum Gasteiger partial charge on any atom is 0.392 e. The van der Waals surface area contributed by atoms with Gasteiger partial charge in [-0.1, -0.05) is 0 Å². The highest BCUT2D eigenvalue weighted by molar-refractivity contribution is 7.86. The summed E-state index contributed by atoms with van der Waals surface area (Å²) >= 11 is 0. The predicted octanol–water partition coefficient (Wildman–Crippen LogP) is 0.171. The van der Waals surface area contributed by atoms with E-state index in [1.807, 2.05) is 0 Å². The van der Waals surface area contributed by atoms with E-state index >= 15 is 0 Å². The molecule has 0 aliphatic rings.